The molecule has 2 aliphatic carbocycles. The largest absolute Gasteiger partial charge is 0.473 e. The van der Waals surface area contributed by atoms with Gasteiger partial charge in [0.05, 0.1) is 49.1 Å². The standard InChI is InChI=1S/2C22H32FN5O2.C2H2O4/c2*1-30-19-12-27(22-25-10-15(23)11-26-22)7-6-18(19)14-8-16-4-5-17(9-14)28(16)20(21(24)29)13-2-3-13;3-1(4)2(5)6/h2*10-11,13-14,16-20H,2-9,12H2,1H3,(H2,24,29);(H,3,4)(H,5,6)/t2*14?,16-,17+,18-,19-,20-;/m11./s1. The third-order valence-corrected chi connectivity index (χ3v) is 16.0. The first kappa shape index (κ1) is 47.8. The van der Waals surface area contributed by atoms with Gasteiger partial charge in [0.15, 0.2) is 11.6 Å². The first-order chi connectivity index (χ1) is 31.7. The lowest BCUT2D eigenvalue weighted by atomic mass is 9.74. The Balaban J connectivity index is 0.000000160. The van der Waals surface area contributed by atoms with Crippen LogP contribution in [0.2, 0.25) is 0 Å². The van der Waals surface area contributed by atoms with Crippen LogP contribution >= 0.6 is 0 Å². The number of aromatic nitrogens is 4. The van der Waals surface area contributed by atoms with Crippen molar-refractivity contribution in [2.75, 3.05) is 50.2 Å². The maximum absolute atomic E-state index is 13.2. The predicted octanol–water partition coefficient (Wildman–Crippen LogP) is 3.08. The van der Waals surface area contributed by atoms with Gasteiger partial charge in [0, 0.05) is 64.6 Å². The van der Waals surface area contributed by atoms with E-state index in [0.717, 1.165) is 90.4 Å². The molecule has 2 saturated carbocycles. The highest BCUT2D eigenvalue weighted by molar-refractivity contribution is 6.27. The number of hydrogen-bond donors (Lipinski definition) is 4. The zero-order valence-electron chi connectivity index (χ0n) is 38.0. The van der Waals surface area contributed by atoms with Crippen molar-refractivity contribution >= 4 is 35.6 Å². The molecule has 6 N–H and O–H groups in total. The molecule has 12 atom stereocenters. The first-order valence-corrected chi connectivity index (χ1v) is 23.8. The highest BCUT2D eigenvalue weighted by atomic mass is 19.1. The summed E-state index contributed by atoms with van der Waals surface area (Å²) in [5, 5.41) is 14.8. The molecule has 8 fully saturated rings. The highest BCUT2D eigenvalue weighted by Gasteiger charge is 2.53. The Morgan fingerprint density at radius 2 is 0.894 bits per heavy atom. The molecule has 362 valence electrons. The summed E-state index contributed by atoms with van der Waals surface area (Å²) in [4.78, 5) is 68.4. The predicted molar refractivity (Wildman–Crippen MR) is 236 cm³/mol. The van der Waals surface area contributed by atoms with E-state index in [0.29, 0.717) is 71.6 Å². The molecule has 0 spiro atoms. The van der Waals surface area contributed by atoms with Crippen molar-refractivity contribution in [3.8, 4) is 0 Å². The molecule has 0 radical (unpaired) electrons. The topological polar surface area (TPSA) is 244 Å². The fraction of sp³-hybridized carbons (Fsp3) is 0.739. The van der Waals surface area contributed by atoms with Gasteiger partial charge in [-0.1, -0.05) is 0 Å². The minimum atomic E-state index is -1.82. The van der Waals surface area contributed by atoms with Crippen LogP contribution in [0.1, 0.15) is 89.9 Å². The summed E-state index contributed by atoms with van der Waals surface area (Å²) in [6.45, 7) is 3.18. The molecule has 2 unspecified atom stereocenters. The van der Waals surface area contributed by atoms with Crippen molar-refractivity contribution in [1.29, 1.82) is 0 Å². The number of methoxy groups -OCH3 is 2. The lowest BCUT2D eigenvalue weighted by molar-refractivity contribution is -0.159. The lowest BCUT2D eigenvalue weighted by Gasteiger charge is -2.48. The number of carbonyl (C=O) groups is 4. The number of hydrogen-bond acceptors (Lipinski definition) is 14. The van der Waals surface area contributed by atoms with Crippen LogP contribution in [0.5, 0.6) is 0 Å². The summed E-state index contributed by atoms with van der Waals surface area (Å²) in [6.07, 6.45) is 20.9. The smallest absolute Gasteiger partial charge is 0.414 e. The number of nitrogens with two attached hydrogens (primary N) is 2. The number of carboxylic acid groups (broad SMARTS) is 2. The fourth-order valence-electron chi connectivity index (χ4n) is 12.9. The summed E-state index contributed by atoms with van der Waals surface area (Å²) >= 11 is 0. The minimum absolute atomic E-state index is 0.0563. The summed E-state index contributed by atoms with van der Waals surface area (Å²) < 4.78 is 38.2. The van der Waals surface area contributed by atoms with Gasteiger partial charge in [0.2, 0.25) is 23.7 Å². The number of nitrogens with zero attached hydrogens (tertiary/aromatic N) is 8. The van der Waals surface area contributed by atoms with E-state index in [1.54, 1.807) is 14.2 Å². The summed E-state index contributed by atoms with van der Waals surface area (Å²) in [7, 11) is 3.57. The molecular weight excluding hydrogens is 859 g/mol. The van der Waals surface area contributed by atoms with E-state index in [1.165, 1.54) is 50.5 Å². The fourth-order valence-corrected chi connectivity index (χ4v) is 12.9. The first-order valence-electron chi connectivity index (χ1n) is 23.8. The Morgan fingerprint density at radius 3 is 1.15 bits per heavy atom. The van der Waals surface area contributed by atoms with Crippen LogP contribution in [0.4, 0.5) is 20.7 Å². The molecule has 6 saturated heterocycles. The second-order valence-electron chi connectivity index (χ2n) is 19.9. The van der Waals surface area contributed by atoms with E-state index in [-0.39, 0.29) is 36.1 Å². The molecule has 8 aliphatic rings. The maximum atomic E-state index is 13.2. The molecule has 6 aliphatic heterocycles. The second kappa shape index (κ2) is 20.7. The van der Waals surface area contributed by atoms with Crippen molar-refractivity contribution in [3.63, 3.8) is 0 Å². The Bertz CT molecular complexity index is 1850. The van der Waals surface area contributed by atoms with E-state index in [1.807, 2.05) is 0 Å². The molecule has 2 aromatic rings. The Kier molecular flexibility index (Phi) is 15.0. The molecule has 0 aromatic carbocycles. The average molecular weight is 925 g/mol. The van der Waals surface area contributed by atoms with Crippen LogP contribution in [-0.4, -0.2) is 153 Å². The van der Waals surface area contributed by atoms with Crippen LogP contribution in [0.3, 0.4) is 0 Å². The molecule has 2 aromatic heterocycles. The van der Waals surface area contributed by atoms with Crippen molar-refractivity contribution in [1.82, 2.24) is 29.7 Å². The number of halogens is 2. The van der Waals surface area contributed by atoms with Crippen molar-refractivity contribution < 1.29 is 47.6 Å². The molecule has 8 heterocycles. The van der Waals surface area contributed by atoms with Crippen LogP contribution in [0.15, 0.2) is 24.8 Å². The Morgan fingerprint density at radius 1 is 0.576 bits per heavy atom. The van der Waals surface area contributed by atoms with E-state index in [9.17, 15) is 18.4 Å². The number of ether oxygens (including phenoxy) is 2. The number of fused-ring (bicyclic) bond motifs is 4. The summed E-state index contributed by atoms with van der Waals surface area (Å²) in [5.41, 5.74) is 11.6. The van der Waals surface area contributed by atoms with Gasteiger partial charge < -0.3 is 41.0 Å². The van der Waals surface area contributed by atoms with Gasteiger partial charge >= 0.3 is 11.9 Å². The Hall–Kier alpha value is -4.66. The normalized spacial score (nSPS) is 32.8. The van der Waals surface area contributed by atoms with Crippen LogP contribution in [-0.2, 0) is 28.7 Å². The lowest BCUT2D eigenvalue weighted by Crippen LogP contribution is -2.57. The third kappa shape index (κ3) is 10.7. The summed E-state index contributed by atoms with van der Waals surface area (Å²) in [5.74, 6) is -0.452. The zero-order valence-corrected chi connectivity index (χ0v) is 38.0. The average Bonchev–Trinajstić information content (AvgIpc) is 4.25. The minimum Gasteiger partial charge on any atom is -0.473 e. The molecular formula is C46H66F2N10O8. The van der Waals surface area contributed by atoms with Crippen molar-refractivity contribution in [2.45, 2.75) is 138 Å². The molecule has 4 bridgehead atoms. The number of rotatable bonds is 12. The van der Waals surface area contributed by atoms with Gasteiger partial charge in [-0.15, -0.1) is 0 Å². The molecule has 66 heavy (non-hydrogen) atoms. The third-order valence-electron chi connectivity index (χ3n) is 16.0. The molecule has 20 heteroatoms. The van der Waals surface area contributed by atoms with Crippen LogP contribution < -0.4 is 21.3 Å². The van der Waals surface area contributed by atoms with Gasteiger partial charge in [-0.05, 0) is 125 Å². The van der Waals surface area contributed by atoms with E-state index < -0.39 is 23.6 Å². The summed E-state index contributed by atoms with van der Waals surface area (Å²) in [6, 6.07) is 1.79. The zero-order chi connectivity index (χ0) is 46.8. The Labute approximate surface area is 384 Å². The highest BCUT2D eigenvalue weighted by Crippen LogP contribution is 2.50. The number of aliphatic carboxylic acids is 2. The van der Waals surface area contributed by atoms with Gasteiger partial charge in [-0.25, -0.2) is 38.3 Å². The van der Waals surface area contributed by atoms with Gasteiger partial charge in [0.1, 0.15) is 0 Å². The number of amides is 2. The van der Waals surface area contributed by atoms with Gasteiger partial charge in [-0.3, -0.25) is 19.4 Å². The number of primary amides is 2. The van der Waals surface area contributed by atoms with Gasteiger partial charge in [-0.2, -0.15) is 0 Å². The molecule has 10 rings (SSSR count). The SMILES string of the molecule is CO[C@@H]1CN(c2ncc(F)cn2)CC[C@@H]1C1C[C@H]2CC[C@@H](C1)N2[C@@H](C(N)=O)C1CC1.CO[C@@H]1CN(c2ncc(F)cn2)CC[C@@H]1C1C[C@H]2CC[C@@H](C1)N2[C@@H](C(N)=O)C1CC1.O=C(O)C(=O)O. The van der Waals surface area contributed by atoms with Crippen LogP contribution in [0.25, 0.3) is 0 Å². The van der Waals surface area contributed by atoms with Crippen molar-refractivity contribution in [3.05, 3.63) is 36.4 Å². The number of carboxylic acids is 2. The van der Waals surface area contributed by atoms with E-state index in [2.05, 4.69) is 39.5 Å². The maximum Gasteiger partial charge on any atom is 0.414 e. The van der Waals surface area contributed by atoms with Crippen LogP contribution in [0, 0.1) is 47.1 Å². The monoisotopic (exact) mass is 925 g/mol. The molecule has 18 nitrogen and oxygen atoms in total. The van der Waals surface area contributed by atoms with Crippen molar-refractivity contribution in [2.24, 2.45) is 47.0 Å². The molecule has 2 amide bonds. The number of piperidine rings is 4. The number of anilines is 2. The van der Waals surface area contributed by atoms with E-state index in [4.69, 9.17) is 40.7 Å². The number of carbonyl (C=O) groups excluding carboxylic acids is 2. The van der Waals surface area contributed by atoms with Gasteiger partial charge in [0.25, 0.3) is 0 Å². The quantitative estimate of drug-likeness (QED) is 0.224. The van der Waals surface area contributed by atoms with E-state index >= 15 is 0 Å². The second-order valence-corrected chi connectivity index (χ2v) is 19.9.